The first-order valence-corrected chi connectivity index (χ1v) is 10.6. The van der Waals surface area contributed by atoms with Crippen LogP contribution >= 0.6 is 35.0 Å². The van der Waals surface area contributed by atoms with Gasteiger partial charge >= 0.3 is 0 Å². The van der Waals surface area contributed by atoms with Crippen molar-refractivity contribution in [3.63, 3.8) is 0 Å². The lowest BCUT2D eigenvalue weighted by molar-refractivity contribution is -0.121. The van der Waals surface area contributed by atoms with E-state index < -0.39 is 0 Å². The van der Waals surface area contributed by atoms with Gasteiger partial charge in [-0.25, -0.2) is 0 Å². The lowest BCUT2D eigenvalue weighted by Gasteiger charge is -2.31. The zero-order valence-corrected chi connectivity index (χ0v) is 17.0. The first kappa shape index (κ1) is 19.6. The topological polar surface area (TPSA) is 32.3 Å². The summed E-state index contributed by atoms with van der Waals surface area (Å²) in [5, 5.41) is 4.45. The van der Waals surface area contributed by atoms with Crippen LogP contribution in [0.4, 0.5) is 5.69 Å². The summed E-state index contributed by atoms with van der Waals surface area (Å²) in [6, 6.07) is 13.5. The third-order valence-corrected chi connectivity index (χ3v) is 6.12. The van der Waals surface area contributed by atoms with Crippen LogP contribution in [0.25, 0.3) is 0 Å². The molecule has 0 bridgehead atoms. The third kappa shape index (κ3) is 4.95. The first-order chi connectivity index (χ1) is 12.6. The molecule has 0 aromatic heterocycles. The van der Waals surface area contributed by atoms with E-state index in [0.717, 1.165) is 48.6 Å². The summed E-state index contributed by atoms with van der Waals surface area (Å²) in [5.41, 5.74) is 1.98. The molecule has 3 rings (SSSR count). The Kier molecular flexibility index (Phi) is 6.87. The van der Waals surface area contributed by atoms with Crippen molar-refractivity contribution in [2.45, 2.75) is 24.3 Å². The molecule has 2 aromatic carbocycles. The van der Waals surface area contributed by atoms with Gasteiger partial charge in [0.05, 0.1) is 5.69 Å². The molecule has 26 heavy (non-hydrogen) atoms. The fourth-order valence-corrected chi connectivity index (χ4v) is 4.25. The highest BCUT2D eigenvalue weighted by Crippen LogP contribution is 2.28. The molecule has 2 aromatic rings. The SMILES string of the molecule is CSc1ccccc1NC(=O)C1CCN(Cc2ccc(Cl)cc2Cl)CC1. The second-order valence-electron chi connectivity index (χ2n) is 6.48. The van der Waals surface area contributed by atoms with Crippen LogP contribution in [0.3, 0.4) is 0 Å². The van der Waals surface area contributed by atoms with Gasteiger partial charge in [-0.3, -0.25) is 9.69 Å². The van der Waals surface area contributed by atoms with Gasteiger partial charge in [0.1, 0.15) is 0 Å². The Hall–Kier alpha value is -1.20. The molecule has 1 fully saturated rings. The Morgan fingerprint density at radius 3 is 2.62 bits per heavy atom. The molecule has 1 aliphatic rings. The van der Waals surface area contributed by atoms with E-state index in [1.807, 2.05) is 42.7 Å². The molecule has 6 heteroatoms. The van der Waals surface area contributed by atoms with Gasteiger partial charge in [0, 0.05) is 27.4 Å². The molecule has 0 radical (unpaired) electrons. The van der Waals surface area contributed by atoms with Gasteiger partial charge in [0.2, 0.25) is 5.91 Å². The molecule has 0 atom stereocenters. The highest BCUT2D eigenvalue weighted by molar-refractivity contribution is 7.98. The number of anilines is 1. The van der Waals surface area contributed by atoms with E-state index in [1.54, 1.807) is 17.8 Å². The number of nitrogens with one attached hydrogen (secondary N) is 1. The summed E-state index contributed by atoms with van der Waals surface area (Å²) in [4.78, 5) is 16.1. The second-order valence-corrected chi connectivity index (χ2v) is 8.17. The highest BCUT2D eigenvalue weighted by Gasteiger charge is 2.25. The molecule has 3 nitrogen and oxygen atoms in total. The van der Waals surface area contributed by atoms with Gasteiger partial charge in [0.25, 0.3) is 0 Å². The highest BCUT2D eigenvalue weighted by atomic mass is 35.5. The smallest absolute Gasteiger partial charge is 0.227 e. The lowest BCUT2D eigenvalue weighted by Crippen LogP contribution is -2.37. The largest absolute Gasteiger partial charge is 0.325 e. The monoisotopic (exact) mass is 408 g/mol. The van der Waals surface area contributed by atoms with E-state index in [1.165, 1.54) is 0 Å². The summed E-state index contributed by atoms with van der Waals surface area (Å²) in [6.45, 7) is 2.57. The summed E-state index contributed by atoms with van der Waals surface area (Å²) in [5.74, 6) is 0.178. The summed E-state index contributed by atoms with van der Waals surface area (Å²) < 4.78 is 0. The Morgan fingerprint density at radius 1 is 1.19 bits per heavy atom. The average molecular weight is 409 g/mol. The minimum Gasteiger partial charge on any atom is -0.325 e. The number of likely N-dealkylation sites (tertiary alicyclic amines) is 1. The molecule has 0 spiro atoms. The number of hydrogen-bond acceptors (Lipinski definition) is 3. The number of piperidine rings is 1. The Morgan fingerprint density at radius 2 is 1.92 bits per heavy atom. The zero-order valence-electron chi connectivity index (χ0n) is 14.7. The summed E-state index contributed by atoms with van der Waals surface area (Å²) in [7, 11) is 0. The standard InChI is InChI=1S/C20H22Cl2N2OS/c1-26-19-5-3-2-4-18(19)23-20(25)14-8-10-24(11-9-14)13-15-6-7-16(21)12-17(15)22/h2-7,12,14H,8-11,13H2,1H3,(H,23,25). The van der Waals surface area contributed by atoms with Crippen molar-refractivity contribution >= 4 is 46.6 Å². The summed E-state index contributed by atoms with van der Waals surface area (Å²) in [6.07, 6.45) is 3.74. The van der Waals surface area contributed by atoms with Crippen LogP contribution in [-0.4, -0.2) is 30.2 Å². The maximum absolute atomic E-state index is 12.6. The summed E-state index contributed by atoms with van der Waals surface area (Å²) >= 11 is 13.9. The van der Waals surface area contributed by atoms with Crippen molar-refractivity contribution < 1.29 is 4.79 Å². The van der Waals surface area contributed by atoms with Crippen LogP contribution < -0.4 is 5.32 Å². The van der Waals surface area contributed by atoms with Gasteiger partial charge in [-0.1, -0.05) is 41.4 Å². The van der Waals surface area contributed by atoms with Crippen LogP contribution in [0.2, 0.25) is 10.0 Å². The number of carbonyl (C=O) groups is 1. The number of thioether (sulfide) groups is 1. The van der Waals surface area contributed by atoms with Crippen molar-refractivity contribution in [2.75, 3.05) is 24.7 Å². The number of para-hydroxylation sites is 1. The number of benzene rings is 2. The van der Waals surface area contributed by atoms with Crippen molar-refractivity contribution in [3.8, 4) is 0 Å². The number of rotatable bonds is 5. The maximum atomic E-state index is 12.6. The average Bonchev–Trinajstić information content (AvgIpc) is 2.65. The van der Waals surface area contributed by atoms with E-state index in [0.29, 0.717) is 10.0 Å². The lowest BCUT2D eigenvalue weighted by atomic mass is 9.95. The van der Waals surface area contributed by atoms with E-state index in [2.05, 4.69) is 10.2 Å². The number of nitrogens with zero attached hydrogens (tertiary/aromatic N) is 1. The van der Waals surface area contributed by atoms with Gasteiger partial charge in [-0.05, 0) is 62.0 Å². The van der Waals surface area contributed by atoms with Gasteiger partial charge < -0.3 is 5.32 Å². The van der Waals surface area contributed by atoms with Crippen LogP contribution in [-0.2, 0) is 11.3 Å². The van der Waals surface area contributed by atoms with Gasteiger partial charge in [-0.2, -0.15) is 0 Å². The molecule has 1 saturated heterocycles. The fourth-order valence-electron chi connectivity index (χ4n) is 3.23. The van der Waals surface area contributed by atoms with E-state index in [9.17, 15) is 4.79 Å². The predicted molar refractivity (Wildman–Crippen MR) is 111 cm³/mol. The van der Waals surface area contributed by atoms with Crippen LogP contribution in [0, 0.1) is 5.92 Å². The van der Waals surface area contributed by atoms with E-state index >= 15 is 0 Å². The maximum Gasteiger partial charge on any atom is 0.227 e. The third-order valence-electron chi connectivity index (χ3n) is 4.73. The molecular weight excluding hydrogens is 387 g/mol. The molecule has 0 saturated carbocycles. The number of carbonyl (C=O) groups excluding carboxylic acids is 1. The van der Waals surface area contributed by atoms with E-state index in [-0.39, 0.29) is 11.8 Å². The predicted octanol–water partition coefficient (Wildman–Crippen LogP) is 5.57. The van der Waals surface area contributed by atoms with Crippen molar-refractivity contribution in [2.24, 2.45) is 5.92 Å². The Balaban J connectivity index is 1.54. The molecule has 1 aliphatic heterocycles. The number of halogens is 2. The zero-order chi connectivity index (χ0) is 18.5. The number of amides is 1. The molecule has 138 valence electrons. The van der Waals surface area contributed by atoms with E-state index in [4.69, 9.17) is 23.2 Å². The minimum atomic E-state index is 0.0573. The minimum absolute atomic E-state index is 0.0573. The Labute approximate surface area is 169 Å². The molecule has 1 heterocycles. The molecule has 1 amide bonds. The first-order valence-electron chi connectivity index (χ1n) is 8.67. The van der Waals surface area contributed by atoms with Gasteiger partial charge in [-0.15, -0.1) is 11.8 Å². The van der Waals surface area contributed by atoms with Crippen LogP contribution in [0.1, 0.15) is 18.4 Å². The quantitative estimate of drug-likeness (QED) is 0.656. The fraction of sp³-hybridized carbons (Fsp3) is 0.350. The number of hydrogen-bond donors (Lipinski definition) is 1. The molecular formula is C20H22Cl2N2OS. The van der Waals surface area contributed by atoms with Crippen LogP contribution in [0.5, 0.6) is 0 Å². The molecule has 1 N–H and O–H groups in total. The second kappa shape index (κ2) is 9.14. The normalized spacial score (nSPS) is 15.8. The van der Waals surface area contributed by atoms with Crippen molar-refractivity contribution in [1.29, 1.82) is 0 Å². The van der Waals surface area contributed by atoms with Crippen molar-refractivity contribution in [1.82, 2.24) is 4.90 Å². The molecule has 0 aliphatic carbocycles. The van der Waals surface area contributed by atoms with Crippen LogP contribution in [0.15, 0.2) is 47.4 Å². The Bertz CT molecular complexity index is 776. The van der Waals surface area contributed by atoms with Crippen molar-refractivity contribution in [3.05, 3.63) is 58.1 Å². The molecule has 0 unspecified atom stereocenters. The van der Waals surface area contributed by atoms with Gasteiger partial charge in [0.15, 0.2) is 0 Å².